The van der Waals surface area contributed by atoms with Crippen LogP contribution in [0.5, 0.6) is 0 Å². The lowest BCUT2D eigenvalue weighted by atomic mass is 9.29. The largest absolute Gasteiger partial charge is 0.488 e. The average molecular weight is 358 g/mol. The molecule has 138 valence electrons. The zero-order valence-corrected chi connectivity index (χ0v) is 16.2. The first-order valence-electron chi connectivity index (χ1n) is 10.6. The van der Waals surface area contributed by atoms with E-state index in [4.69, 9.17) is 4.74 Å². The molecule has 3 aliphatic carbocycles. The molecule has 3 aliphatic heterocycles. The van der Waals surface area contributed by atoms with Crippen LogP contribution in [0.3, 0.4) is 0 Å². The molecule has 0 aromatic carbocycles. The Hall–Kier alpha value is -1.94. The summed E-state index contributed by atoms with van der Waals surface area (Å²) < 4.78 is 6.39. The molecule has 0 saturated carbocycles. The molecule has 0 radical (unpaired) electrons. The minimum atomic E-state index is 0.141. The lowest BCUT2D eigenvalue weighted by molar-refractivity contribution is 0.109. The van der Waals surface area contributed by atoms with Gasteiger partial charge in [-0.15, -0.1) is 0 Å². The Morgan fingerprint density at radius 1 is 1.30 bits per heavy atom. The standard InChI is InChI=1S/C23H27BN2O/c1-3-19-21-14(2)27-20-13-7-11-17(20)24(21)23-22(16-10-6-12-18(16)25-23)26(19)15-8-4-5-9-15/h4,6-8,11-13,15,19-20,22-23,25H,3,5,9-10H2,1-2H3. The second kappa shape index (κ2) is 5.78. The highest BCUT2D eigenvalue weighted by Crippen LogP contribution is 2.48. The highest BCUT2D eigenvalue weighted by atomic mass is 16.5. The van der Waals surface area contributed by atoms with Crippen molar-refractivity contribution in [3.05, 3.63) is 70.5 Å². The Morgan fingerprint density at radius 2 is 2.22 bits per heavy atom. The van der Waals surface area contributed by atoms with Gasteiger partial charge in [0, 0.05) is 29.8 Å². The number of fused-ring (bicyclic) bond motifs is 6. The highest BCUT2D eigenvalue weighted by Gasteiger charge is 2.57. The summed E-state index contributed by atoms with van der Waals surface area (Å²) >= 11 is 0. The quantitative estimate of drug-likeness (QED) is 0.603. The van der Waals surface area contributed by atoms with Crippen LogP contribution in [0.25, 0.3) is 0 Å². The van der Waals surface area contributed by atoms with E-state index in [0.717, 1.165) is 18.6 Å². The molecule has 0 aromatic rings. The molecule has 3 heterocycles. The van der Waals surface area contributed by atoms with E-state index < -0.39 is 0 Å². The Bertz CT molecular complexity index is 877. The molecule has 1 saturated heterocycles. The summed E-state index contributed by atoms with van der Waals surface area (Å²) in [5, 5.41) is 3.95. The van der Waals surface area contributed by atoms with Crippen LogP contribution < -0.4 is 5.32 Å². The molecule has 0 amide bonds. The zero-order chi connectivity index (χ0) is 18.1. The van der Waals surface area contributed by atoms with Crippen molar-refractivity contribution in [2.75, 3.05) is 0 Å². The molecule has 5 atom stereocenters. The van der Waals surface area contributed by atoms with Gasteiger partial charge in [0.05, 0.1) is 5.76 Å². The minimum absolute atomic E-state index is 0.141. The number of hydrogen-bond donors (Lipinski definition) is 1. The van der Waals surface area contributed by atoms with Crippen LogP contribution in [-0.2, 0) is 4.74 Å². The van der Waals surface area contributed by atoms with Crippen molar-refractivity contribution in [3.8, 4) is 0 Å². The SMILES string of the molecule is CCC1C2=C(C)OC3C=CC=C3B2C2NC3=C(CC=C3)C2N1C1C=CCC1. The molecule has 0 spiro atoms. The predicted molar refractivity (Wildman–Crippen MR) is 110 cm³/mol. The fourth-order valence-electron chi connectivity index (χ4n) is 6.50. The number of nitrogens with zero attached hydrogens (tertiary/aromatic N) is 1. The van der Waals surface area contributed by atoms with E-state index in [2.05, 4.69) is 66.6 Å². The predicted octanol–water partition coefficient (Wildman–Crippen LogP) is 3.64. The number of nitrogens with one attached hydrogen (secondary N) is 1. The van der Waals surface area contributed by atoms with Crippen molar-refractivity contribution in [2.45, 2.75) is 69.7 Å². The summed E-state index contributed by atoms with van der Waals surface area (Å²) in [6.07, 6.45) is 21.0. The Kier molecular flexibility index (Phi) is 3.44. The van der Waals surface area contributed by atoms with Crippen LogP contribution >= 0.6 is 0 Å². The lowest BCUT2D eigenvalue weighted by Crippen LogP contribution is -2.68. The molecule has 5 unspecified atom stereocenters. The summed E-state index contributed by atoms with van der Waals surface area (Å²) in [6, 6.07) is 1.50. The fraction of sp³-hybridized carbons (Fsp3) is 0.478. The molecule has 27 heavy (non-hydrogen) atoms. The maximum Gasteiger partial charge on any atom is 0.237 e. The average Bonchev–Trinajstić information content (AvgIpc) is 3.43. The van der Waals surface area contributed by atoms with Gasteiger partial charge >= 0.3 is 0 Å². The van der Waals surface area contributed by atoms with E-state index in [1.165, 1.54) is 29.5 Å². The maximum atomic E-state index is 6.39. The smallest absolute Gasteiger partial charge is 0.237 e. The molecule has 4 heteroatoms. The molecule has 1 N–H and O–H groups in total. The van der Waals surface area contributed by atoms with Crippen molar-refractivity contribution in [1.82, 2.24) is 10.2 Å². The van der Waals surface area contributed by atoms with E-state index in [0.29, 0.717) is 30.8 Å². The molecule has 1 fully saturated rings. The van der Waals surface area contributed by atoms with Crippen LogP contribution in [0.15, 0.2) is 70.5 Å². The van der Waals surface area contributed by atoms with Gasteiger partial charge in [-0.05, 0) is 55.8 Å². The number of hydrogen-bond acceptors (Lipinski definition) is 3. The maximum absolute atomic E-state index is 6.39. The summed E-state index contributed by atoms with van der Waals surface area (Å²) in [5.41, 5.74) is 6.00. The summed E-state index contributed by atoms with van der Waals surface area (Å²) in [7, 11) is 0. The van der Waals surface area contributed by atoms with Crippen molar-refractivity contribution >= 4 is 6.71 Å². The van der Waals surface area contributed by atoms with Crippen LogP contribution in [0.2, 0.25) is 0 Å². The topological polar surface area (TPSA) is 24.5 Å². The van der Waals surface area contributed by atoms with Crippen molar-refractivity contribution < 1.29 is 4.74 Å². The molecule has 3 nitrogen and oxygen atoms in total. The molecule has 0 bridgehead atoms. The monoisotopic (exact) mass is 358 g/mol. The van der Waals surface area contributed by atoms with Crippen LogP contribution in [0.1, 0.15) is 39.5 Å². The second-order valence-corrected chi connectivity index (χ2v) is 8.68. The van der Waals surface area contributed by atoms with Crippen molar-refractivity contribution in [3.63, 3.8) is 0 Å². The Labute approximate surface area is 162 Å². The second-order valence-electron chi connectivity index (χ2n) is 8.68. The molecular weight excluding hydrogens is 331 g/mol. The zero-order valence-electron chi connectivity index (χ0n) is 16.2. The molecule has 6 aliphatic rings. The third kappa shape index (κ3) is 2.08. The third-order valence-corrected chi connectivity index (χ3v) is 7.45. The van der Waals surface area contributed by atoms with Gasteiger partial charge in [0.1, 0.15) is 6.10 Å². The summed E-state index contributed by atoms with van der Waals surface area (Å²) in [6.45, 7) is 5.01. The number of rotatable bonds is 2. The minimum Gasteiger partial charge on any atom is -0.488 e. The first-order chi connectivity index (χ1) is 13.3. The number of allylic oxidation sites excluding steroid dienone is 6. The lowest BCUT2D eigenvalue weighted by Gasteiger charge is -2.53. The Morgan fingerprint density at radius 3 is 3.04 bits per heavy atom. The highest BCUT2D eigenvalue weighted by molar-refractivity contribution is 6.77. The van der Waals surface area contributed by atoms with Gasteiger partial charge in [-0.25, -0.2) is 0 Å². The van der Waals surface area contributed by atoms with Gasteiger partial charge in [0.2, 0.25) is 6.71 Å². The van der Waals surface area contributed by atoms with Crippen molar-refractivity contribution in [1.29, 1.82) is 0 Å². The normalized spacial score (nSPS) is 38.7. The van der Waals surface area contributed by atoms with Crippen LogP contribution in [0.4, 0.5) is 0 Å². The van der Waals surface area contributed by atoms with Crippen molar-refractivity contribution in [2.24, 2.45) is 0 Å². The first-order valence-corrected chi connectivity index (χ1v) is 10.6. The van der Waals surface area contributed by atoms with E-state index in [1.807, 2.05) is 0 Å². The van der Waals surface area contributed by atoms with Gasteiger partial charge in [-0.2, -0.15) is 0 Å². The molecular formula is C23H27BN2O. The summed E-state index contributed by atoms with van der Waals surface area (Å²) in [5.74, 6) is 1.59. The van der Waals surface area contributed by atoms with E-state index in [1.54, 1.807) is 5.57 Å². The number of ether oxygens (including phenoxy) is 1. The van der Waals surface area contributed by atoms with Gasteiger partial charge < -0.3 is 10.1 Å². The van der Waals surface area contributed by atoms with E-state index in [9.17, 15) is 0 Å². The third-order valence-electron chi connectivity index (χ3n) is 7.45. The van der Waals surface area contributed by atoms with Gasteiger partial charge in [-0.1, -0.05) is 42.8 Å². The first kappa shape index (κ1) is 16.1. The fourth-order valence-corrected chi connectivity index (χ4v) is 6.50. The Balaban J connectivity index is 1.52. The molecule has 6 rings (SSSR count). The van der Waals surface area contributed by atoms with E-state index in [-0.39, 0.29) is 6.10 Å². The van der Waals surface area contributed by atoms with Gasteiger partial charge in [-0.3, -0.25) is 4.90 Å². The summed E-state index contributed by atoms with van der Waals surface area (Å²) in [4.78, 5) is 2.85. The van der Waals surface area contributed by atoms with Gasteiger partial charge in [0.15, 0.2) is 0 Å². The van der Waals surface area contributed by atoms with Gasteiger partial charge in [0.25, 0.3) is 0 Å². The van der Waals surface area contributed by atoms with E-state index >= 15 is 0 Å². The molecule has 0 aromatic heterocycles. The van der Waals surface area contributed by atoms with Crippen LogP contribution in [0, 0.1) is 0 Å². The van der Waals surface area contributed by atoms with Crippen LogP contribution in [-0.4, -0.2) is 41.8 Å².